The van der Waals surface area contributed by atoms with Crippen molar-refractivity contribution in [3.05, 3.63) is 27.4 Å². The number of aliphatic carboxylic acids is 1. The Kier molecular flexibility index (Phi) is 2.53. The molecule has 2 N–H and O–H groups in total. The van der Waals surface area contributed by atoms with Crippen LogP contribution >= 0.6 is 0 Å². The molecule has 0 aliphatic heterocycles. The highest BCUT2D eigenvalue weighted by molar-refractivity contribution is 5.70. The summed E-state index contributed by atoms with van der Waals surface area (Å²) < 4.78 is 0. The van der Waals surface area contributed by atoms with E-state index in [1.54, 1.807) is 6.92 Å². The van der Waals surface area contributed by atoms with Gasteiger partial charge in [-0.15, -0.1) is 0 Å². The molecule has 1 heterocycles. The predicted octanol–water partition coefficient (Wildman–Crippen LogP) is 0.829. The molecule has 86 valence electrons. The third kappa shape index (κ3) is 1.98. The fourth-order valence-corrected chi connectivity index (χ4v) is 1.87. The van der Waals surface area contributed by atoms with E-state index in [-0.39, 0.29) is 17.5 Å². The molecule has 5 heteroatoms. The molecule has 1 aliphatic rings. The molecule has 5 nitrogen and oxygen atoms in total. The molecule has 2 unspecified atom stereocenters. The second-order valence-corrected chi connectivity index (χ2v) is 4.41. The largest absolute Gasteiger partial charge is 0.481 e. The maximum Gasteiger partial charge on any atom is 0.308 e. The Morgan fingerprint density at radius 3 is 2.69 bits per heavy atom. The number of carbonyl (C=O) groups is 1. The first kappa shape index (κ1) is 10.9. The zero-order valence-electron chi connectivity index (χ0n) is 9.28. The Morgan fingerprint density at radius 1 is 1.62 bits per heavy atom. The Balaban J connectivity index is 2.36. The molecule has 2 rings (SSSR count). The lowest BCUT2D eigenvalue weighted by molar-refractivity contribution is -0.136. The second kappa shape index (κ2) is 3.73. The van der Waals surface area contributed by atoms with E-state index in [9.17, 15) is 9.59 Å². The van der Waals surface area contributed by atoms with Crippen LogP contribution in [-0.4, -0.2) is 21.0 Å². The predicted molar refractivity (Wildman–Crippen MR) is 57.5 cm³/mol. The summed E-state index contributed by atoms with van der Waals surface area (Å²) in [5, 5.41) is 8.67. The SMILES string of the molecule is Cc1nc(C2CC2C)[nH]c(=O)c1CC(=O)O. The summed E-state index contributed by atoms with van der Waals surface area (Å²) in [5.74, 6) is 0.588. The van der Waals surface area contributed by atoms with E-state index in [2.05, 4.69) is 16.9 Å². The van der Waals surface area contributed by atoms with Gasteiger partial charge in [0.05, 0.1) is 6.42 Å². The lowest BCUT2D eigenvalue weighted by Crippen LogP contribution is -2.21. The molecular formula is C11H14N2O3. The normalized spacial score (nSPS) is 23.1. The molecule has 1 saturated carbocycles. The highest BCUT2D eigenvalue weighted by Crippen LogP contribution is 2.45. The van der Waals surface area contributed by atoms with Gasteiger partial charge in [-0.1, -0.05) is 6.92 Å². The number of H-pyrrole nitrogens is 1. The number of aryl methyl sites for hydroxylation is 1. The molecule has 0 spiro atoms. The molecule has 0 aromatic carbocycles. The first-order valence-electron chi connectivity index (χ1n) is 5.30. The molecule has 2 atom stereocenters. The van der Waals surface area contributed by atoms with E-state index in [0.29, 0.717) is 23.4 Å². The minimum absolute atomic E-state index is 0.254. The van der Waals surface area contributed by atoms with E-state index >= 15 is 0 Å². The summed E-state index contributed by atoms with van der Waals surface area (Å²) >= 11 is 0. The standard InChI is InChI=1S/C11H14N2O3/c1-5-3-7(5)10-12-6(2)8(4-9(14)15)11(16)13-10/h5,7H,3-4H2,1-2H3,(H,14,15)(H,12,13,16). The Hall–Kier alpha value is -1.65. The topological polar surface area (TPSA) is 83.0 Å². The van der Waals surface area contributed by atoms with Crippen LogP contribution in [0.2, 0.25) is 0 Å². The van der Waals surface area contributed by atoms with E-state index in [1.165, 1.54) is 0 Å². The summed E-state index contributed by atoms with van der Waals surface area (Å²) in [4.78, 5) is 29.2. The van der Waals surface area contributed by atoms with Crippen LogP contribution in [0.4, 0.5) is 0 Å². The van der Waals surface area contributed by atoms with Gasteiger partial charge in [0.25, 0.3) is 5.56 Å². The molecule has 0 saturated heterocycles. The Morgan fingerprint density at radius 2 is 2.25 bits per heavy atom. The van der Waals surface area contributed by atoms with Gasteiger partial charge in [0.15, 0.2) is 0 Å². The van der Waals surface area contributed by atoms with Gasteiger partial charge in [-0.2, -0.15) is 0 Å². The number of rotatable bonds is 3. The fourth-order valence-electron chi connectivity index (χ4n) is 1.87. The summed E-state index contributed by atoms with van der Waals surface area (Å²) in [5.41, 5.74) is 0.466. The average Bonchev–Trinajstić information content (AvgIpc) is 2.88. The van der Waals surface area contributed by atoms with E-state index in [0.717, 1.165) is 6.42 Å². The summed E-state index contributed by atoms with van der Waals surface area (Å²) in [6, 6.07) is 0. The van der Waals surface area contributed by atoms with Crippen LogP contribution in [0, 0.1) is 12.8 Å². The van der Waals surface area contributed by atoms with Gasteiger partial charge in [-0.3, -0.25) is 9.59 Å². The van der Waals surface area contributed by atoms with Gasteiger partial charge < -0.3 is 10.1 Å². The van der Waals surface area contributed by atoms with Crippen LogP contribution in [0.25, 0.3) is 0 Å². The molecule has 1 aliphatic carbocycles. The number of hydrogen-bond acceptors (Lipinski definition) is 3. The maximum absolute atomic E-state index is 11.7. The van der Waals surface area contributed by atoms with Crippen molar-refractivity contribution in [1.82, 2.24) is 9.97 Å². The second-order valence-electron chi connectivity index (χ2n) is 4.41. The molecule has 1 aromatic heterocycles. The van der Waals surface area contributed by atoms with Gasteiger partial charge in [0, 0.05) is 17.2 Å². The highest BCUT2D eigenvalue weighted by atomic mass is 16.4. The van der Waals surface area contributed by atoms with Crippen molar-refractivity contribution >= 4 is 5.97 Å². The average molecular weight is 222 g/mol. The quantitative estimate of drug-likeness (QED) is 0.793. The third-order valence-electron chi connectivity index (χ3n) is 3.03. The van der Waals surface area contributed by atoms with E-state index in [1.807, 2.05) is 0 Å². The highest BCUT2D eigenvalue weighted by Gasteiger charge is 2.36. The number of aromatic nitrogens is 2. The number of aromatic amines is 1. The monoisotopic (exact) mass is 222 g/mol. The Bertz CT molecular complexity index is 492. The number of nitrogens with one attached hydrogen (secondary N) is 1. The first-order valence-corrected chi connectivity index (χ1v) is 5.30. The smallest absolute Gasteiger partial charge is 0.308 e. The molecule has 1 fully saturated rings. The lowest BCUT2D eigenvalue weighted by atomic mass is 10.1. The molecule has 1 aromatic rings. The molecular weight excluding hydrogens is 208 g/mol. The number of nitrogens with zero attached hydrogens (tertiary/aromatic N) is 1. The van der Waals surface area contributed by atoms with Crippen molar-refractivity contribution in [1.29, 1.82) is 0 Å². The van der Waals surface area contributed by atoms with Crippen molar-refractivity contribution in [3.8, 4) is 0 Å². The summed E-state index contributed by atoms with van der Waals surface area (Å²) in [6.45, 7) is 3.79. The third-order valence-corrected chi connectivity index (χ3v) is 3.03. The van der Waals surface area contributed by atoms with E-state index in [4.69, 9.17) is 5.11 Å². The molecule has 0 radical (unpaired) electrons. The summed E-state index contributed by atoms with van der Waals surface area (Å²) in [7, 11) is 0. The zero-order chi connectivity index (χ0) is 11.9. The number of carboxylic acid groups (broad SMARTS) is 1. The minimum atomic E-state index is -1.01. The van der Waals surface area contributed by atoms with Gasteiger partial charge in [0.2, 0.25) is 0 Å². The van der Waals surface area contributed by atoms with Gasteiger partial charge in [-0.25, -0.2) is 4.98 Å². The number of carboxylic acids is 1. The Labute approximate surface area is 92.5 Å². The summed E-state index contributed by atoms with van der Waals surface area (Å²) in [6.07, 6.45) is 0.773. The van der Waals surface area contributed by atoms with Crippen molar-refractivity contribution in [3.63, 3.8) is 0 Å². The van der Waals surface area contributed by atoms with Crippen LogP contribution in [0.3, 0.4) is 0 Å². The van der Waals surface area contributed by atoms with Gasteiger partial charge in [-0.05, 0) is 19.3 Å². The number of hydrogen-bond donors (Lipinski definition) is 2. The molecule has 0 bridgehead atoms. The van der Waals surface area contributed by atoms with Crippen molar-refractivity contribution in [2.45, 2.75) is 32.6 Å². The zero-order valence-corrected chi connectivity index (χ0v) is 9.28. The van der Waals surface area contributed by atoms with Crippen LogP contribution in [0.1, 0.15) is 36.3 Å². The van der Waals surface area contributed by atoms with Crippen LogP contribution < -0.4 is 5.56 Å². The van der Waals surface area contributed by atoms with Crippen molar-refractivity contribution in [2.75, 3.05) is 0 Å². The lowest BCUT2D eigenvalue weighted by Gasteiger charge is -2.04. The van der Waals surface area contributed by atoms with Crippen molar-refractivity contribution in [2.24, 2.45) is 5.92 Å². The molecule has 16 heavy (non-hydrogen) atoms. The fraction of sp³-hybridized carbons (Fsp3) is 0.545. The van der Waals surface area contributed by atoms with Gasteiger partial charge >= 0.3 is 5.97 Å². The van der Waals surface area contributed by atoms with Crippen LogP contribution in [0.5, 0.6) is 0 Å². The van der Waals surface area contributed by atoms with E-state index < -0.39 is 5.97 Å². The molecule has 0 amide bonds. The minimum Gasteiger partial charge on any atom is -0.481 e. The maximum atomic E-state index is 11.7. The first-order chi connectivity index (χ1) is 7.49. The van der Waals surface area contributed by atoms with Crippen LogP contribution in [0.15, 0.2) is 4.79 Å². The van der Waals surface area contributed by atoms with Gasteiger partial charge in [0.1, 0.15) is 5.82 Å². The van der Waals surface area contributed by atoms with Crippen LogP contribution in [-0.2, 0) is 11.2 Å². The van der Waals surface area contributed by atoms with Crippen molar-refractivity contribution < 1.29 is 9.90 Å².